The van der Waals surface area contributed by atoms with Gasteiger partial charge < -0.3 is 15.0 Å². The molecule has 7 heteroatoms. The summed E-state index contributed by atoms with van der Waals surface area (Å²) >= 11 is 0. The van der Waals surface area contributed by atoms with Crippen LogP contribution in [0, 0.1) is 0 Å². The third-order valence-corrected chi connectivity index (χ3v) is 4.41. The molecular weight excluding hydrogens is 306 g/mol. The predicted molar refractivity (Wildman–Crippen MR) is 89.9 cm³/mol. The number of benzene rings is 1. The lowest BCUT2D eigenvalue weighted by Crippen LogP contribution is -2.52. The zero-order valence-corrected chi connectivity index (χ0v) is 13.3. The fourth-order valence-corrected chi connectivity index (χ4v) is 3.10. The highest BCUT2D eigenvalue weighted by atomic mass is 16.6. The molecule has 7 nitrogen and oxygen atoms in total. The Morgan fingerprint density at radius 1 is 1.21 bits per heavy atom. The van der Waals surface area contributed by atoms with Crippen molar-refractivity contribution in [1.29, 1.82) is 0 Å². The summed E-state index contributed by atoms with van der Waals surface area (Å²) in [4.78, 5) is 24.2. The largest absolute Gasteiger partial charge is 0.447 e. The molecule has 2 aliphatic rings. The van der Waals surface area contributed by atoms with Crippen molar-refractivity contribution in [2.24, 2.45) is 0 Å². The quantitative estimate of drug-likeness (QED) is 0.923. The molecule has 0 spiro atoms. The Morgan fingerprint density at radius 2 is 2.08 bits per heavy atom. The van der Waals surface area contributed by atoms with E-state index in [1.807, 2.05) is 24.3 Å². The molecule has 2 fully saturated rings. The zero-order chi connectivity index (χ0) is 16.4. The maximum Gasteiger partial charge on any atom is 0.410 e. The lowest BCUT2D eigenvalue weighted by molar-refractivity contribution is 0.157. The van der Waals surface area contributed by atoms with E-state index in [0.29, 0.717) is 13.2 Å². The molecule has 1 unspecified atom stereocenters. The molecule has 24 heavy (non-hydrogen) atoms. The van der Waals surface area contributed by atoms with E-state index >= 15 is 0 Å². The van der Waals surface area contributed by atoms with Crippen molar-refractivity contribution < 1.29 is 9.53 Å². The van der Waals surface area contributed by atoms with Crippen LogP contribution in [0.4, 0.5) is 16.4 Å². The Hall–Kier alpha value is -2.83. The molecule has 124 valence electrons. The zero-order valence-electron chi connectivity index (χ0n) is 13.3. The summed E-state index contributed by atoms with van der Waals surface area (Å²) in [5.74, 6) is 1.67. The molecule has 3 heterocycles. The summed E-state index contributed by atoms with van der Waals surface area (Å²) < 4.78 is 5.11. The molecule has 0 radical (unpaired) electrons. The van der Waals surface area contributed by atoms with E-state index in [-0.39, 0.29) is 12.1 Å². The van der Waals surface area contributed by atoms with Crippen LogP contribution in [0.3, 0.4) is 0 Å². The Bertz CT molecular complexity index is 724. The van der Waals surface area contributed by atoms with Crippen LogP contribution in [-0.4, -0.2) is 53.2 Å². The van der Waals surface area contributed by atoms with Crippen LogP contribution in [0.15, 0.2) is 42.7 Å². The molecule has 0 saturated carbocycles. The lowest BCUT2D eigenvalue weighted by Gasteiger charge is -2.36. The van der Waals surface area contributed by atoms with Crippen LogP contribution in [-0.2, 0) is 11.3 Å². The third kappa shape index (κ3) is 2.97. The number of fused-ring (bicyclic) bond motifs is 1. The summed E-state index contributed by atoms with van der Waals surface area (Å²) in [6, 6.07) is 12.3. The number of anilines is 2. The molecular formula is C17H19N5O2. The highest BCUT2D eigenvalue weighted by molar-refractivity contribution is 5.70. The number of carbonyl (C=O) groups is 1. The molecule has 1 atom stereocenters. The van der Waals surface area contributed by atoms with Crippen molar-refractivity contribution in [3.05, 3.63) is 48.3 Å². The highest BCUT2D eigenvalue weighted by Gasteiger charge is 2.37. The van der Waals surface area contributed by atoms with Crippen LogP contribution >= 0.6 is 0 Å². The van der Waals surface area contributed by atoms with Crippen molar-refractivity contribution in [2.75, 3.05) is 36.5 Å². The first-order valence-corrected chi connectivity index (χ1v) is 8.08. The van der Waals surface area contributed by atoms with E-state index in [1.165, 1.54) is 5.56 Å². The van der Waals surface area contributed by atoms with E-state index in [2.05, 4.69) is 32.3 Å². The Labute approximate surface area is 140 Å². The molecule has 0 bridgehead atoms. The van der Waals surface area contributed by atoms with Crippen molar-refractivity contribution in [1.82, 2.24) is 14.9 Å². The first-order chi connectivity index (χ1) is 11.8. The van der Waals surface area contributed by atoms with Crippen molar-refractivity contribution in [3.63, 3.8) is 0 Å². The van der Waals surface area contributed by atoms with Crippen LogP contribution in [0.5, 0.6) is 0 Å². The van der Waals surface area contributed by atoms with Gasteiger partial charge in [-0.1, -0.05) is 30.3 Å². The van der Waals surface area contributed by atoms with E-state index < -0.39 is 0 Å². The van der Waals surface area contributed by atoms with E-state index in [9.17, 15) is 4.79 Å². The Morgan fingerprint density at radius 3 is 2.96 bits per heavy atom. The molecule has 0 aliphatic carbocycles. The van der Waals surface area contributed by atoms with Crippen LogP contribution < -0.4 is 10.2 Å². The summed E-state index contributed by atoms with van der Waals surface area (Å²) in [5.41, 5.74) is 1.20. The Kier molecular flexibility index (Phi) is 3.90. The maximum absolute atomic E-state index is 11.6. The minimum absolute atomic E-state index is 0.113. The summed E-state index contributed by atoms with van der Waals surface area (Å²) in [6.45, 7) is 3.33. The molecule has 1 aromatic heterocycles. The molecule has 1 amide bonds. The summed E-state index contributed by atoms with van der Waals surface area (Å²) in [7, 11) is 0. The van der Waals surface area contributed by atoms with Crippen molar-refractivity contribution in [3.8, 4) is 0 Å². The van der Waals surface area contributed by atoms with Gasteiger partial charge in [-0.05, 0) is 5.56 Å². The first-order valence-electron chi connectivity index (χ1n) is 8.08. The second-order valence-electron chi connectivity index (χ2n) is 5.97. The van der Waals surface area contributed by atoms with Crippen LogP contribution in [0.2, 0.25) is 0 Å². The standard InChI is InChI=1S/C17H19N5O2/c23-17-22-7-6-21(10-14(22)11-24-17)16-8-15(19-12-20-16)18-9-13-4-2-1-3-5-13/h1-5,8,12,14H,6-7,9-11H2,(H,18,19,20). The number of cyclic esters (lactones) is 1. The number of rotatable bonds is 4. The van der Waals surface area contributed by atoms with E-state index in [1.54, 1.807) is 11.2 Å². The van der Waals surface area contributed by atoms with Gasteiger partial charge in [0.1, 0.15) is 24.6 Å². The van der Waals surface area contributed by atoms with Crippen LogP contribution in [0.1, 0.15) is 5.56 Å². The maximum atomic E-state index is 11.6. The normalized spacial score (nSPS) is 19.8. The van der Waals surface area contributed by atoms with Crippen molar-refractivity contribution in [2.45, 2.75) is 12.6 Å². The van der Waals surface area contributed by atoms with Crippen LogP contribution in [0.25, 0.3) is 0 Å². The second kappa shape index (κ2) is 6.35. The average molecular weight is 325 g/mol. The molecule has 2 aliphatic heterocycles. The first kappa shape index (κ1) is 14.7. The molecule has 2 saturated heterocycles. The third-order valence-electron chi connectivity index (χ3n) is 4.41. The molecule has 1 aromatic carbocycles. The van der Waals surface area contributed by atoms with E-state index in [0.717, 1.165) is 31.3 Å². The summed E-state index contributed by atoms with van der Waals surface area (Å²) in [6.07, 6.45) is 1.37. The smallest absolute Gasteiger partial charge is 0.410 e. The number of carbonyl (C=O) groups excluding carboxylic acids is 1. The van der Waals surface area contributed by atoms with Gasteiger partial charge >= 0.3 is 6.09 Å². The van der Waals surface area contributed by atoms with E-state index in [4.69, 9.17) is 4.74 Å². The fourth-order valence-electron chi connectivity index (χ4n) is 3.10. The SMILES string of the molecule is O=C1OCC2CN(c3cc(NCc4ccccc4)ncn3)CCN12. The minimum atomic E-state index is -0.201. The van der Waals surface area contributed by atoms with Gasteiger partial charge in [0.05, 0.1) is 6.04 Å². The van der Waals surface area contributed by atoms with Gasteiger partial charge in [0.25, 0.3) is 0 Å². The van der Waals surface area contributed by atoms with Gasteiger partial charge in [0.15, 0.2) is 0 Å². The topological polar surface area (TPSA) is 70.6 Å². The van der Waals surface area contributed by atoms with Gasteiger partial charge in [-0.25, -0.2) is 14.8 Å². The van der Waals surface area contributed by atoms with Gasteiger partial charge in [0, 0.05) is 32.2 Å². The Balaban J connectivity index is 1.42. The number of ether oxygens (including phenoxy) is 1. The van der Waals surface area contributed by atoms with Gasteiger partial charge in [-0.3, -0.25) is 4.90 Å². The number of amides is 1. The molecule has 2 aromatic rings. The molecule has 1 N–H and O–H groups in total. The second-order valence-corrected chi connectivity index (χ2v) is 5.97. The molecule has 4 rings (SSSR count). The average Bonchev–Trinajstić information content (AvgIpc) is 3.02. The number of nitrogens with one attached hydrogen (secondary N) is 1. The fraction of sp³-hybridized carbons (Fsp3) is 0.353. The van der Waals surface area contributed by atoms with Crippen molar-refractivity contribution >= 4 is 17.7 Å². The van der Waals surface area contributed by atoms with Gasteiger partial charge in [-0.15, -0.1) is 0 Å². The number of hydrogen-bond donors (Lipinski definition) is 1. The number of aromatic nitrogens is 2. The minimum Gasteiger partial charge on any atom is -0.447 e. The lowest BCUT2D eigenvalue weighted by atomic mass is 10.2. The predicted octanol–water partition coefficient (Wildman–Crippen LogP) is 1.73. The number of nitrogens with zero attached hydrogens (tertiary/aromatic N) is 4. The highest BCUT2D eigenvalue weighted by Crippen LogP contribution is 2.22. The van der Waals surface area contributed by atoms with Gasteiger partial charge in [0.2, 0.25) is 0 Å². The monoisotopic (exact) mass is 325 g/mol. The number of piperazine rings is 1. The van der Waals surface area contributed by atoms with Gasteiger partial charge in [-0.2, -0.15) is 0 Å². The summed E-state index contributed by atoms with van der Waals surface area (Å²) in [5, 5.41) is 3.33. The number of hydrogen-bond acceptors (Lipinski definition) is 6.